The Hall–Kier alpha value is -0.350. The molecule has 0 nitrogen and oxygen atoms in total. The van der Waals surface area contributed by atoms with Crippen molar-refractivity contribution in [1.29, 1.82) is 0 Å². The zero-order valence-electron chi connectivity index (χ0n) is 12.7. The van der Waals surface area contributed by atoms with Gasteiger partial charge in [-0.1, -0.05) is 64.0 Å². The van der Waals surface area contributed by atoms with Crippen LogP contribution in [-0.2, 0) is 0 Å². The summed E-state index contributed by atoms with van der Waals surface area (Å²) in [6.07, 6.45) is 18.4. The van der Waals surface area contributed by atoms with Crippen molar-refractivity contribution in [3.63, 3.8) is 0 Å². The molecule has 106 valence electrons. The summed E-state index contributed by atoms with van der Waals surface area (Å²) in [4.78, 5) is 0. The molecule has 1 heteroatoms. The van der Waals surface area contributed by atoms with Gasteiger partial charge in [-0.2, -0.15) is 0 Å². The van der Waals surface area contributed by atoms with Crippen LogP contribution in [0.5, 0.6) is 0 Å². The Morgan fingerprint density at radius 1 is 0.947 bits per heavy atom. The molecule has 2 fully saturated rings. The summed E-state index contributed by atoms with van der Waals surface area (Å²) in [5.74, 6) is 0. The molecule has 0 aromatic heterocycles. The highest BCUT2D eigenvalue weighted by Gasteiger charge is 2.33. The summed E-state index contributed by atoms with van der Waals surface area (Å²) in [6.45, 7) is 8.42. The number of allylic oxidation sites excluding steroid dienone is 5. The normalized spacial score (nSPS) is 23.5. The minimum absolute atomic E-state index is 0.119. The van der Waals surface area contributed by atoms with Crippen LogP contribution in [0.15, 0.2) is 35.7 Å². The van der Waals surface area contributed by atoms with Crippen LogP contribution >= 0.6 is 7.92 Å². The summed E-state index contributed by atoms with van der Waals surface area (Å²) in [6, 6.07) is 0. The van der Waals surface area contributed by atoms with Gasteiger partial charge in [0.25, 0.3) is 0 Å². The number of rotatable bonds is 5. The van der Waals surface area contributed by atoms with Crippen molar-refractivity contribution in [3.8, 4) is 0 Å². The third-order valence-corrected chi connectivity index (χ3v) is 8.21. The Kier molecular flexibility index (Phi) is 5.89. The predicted octanol–water partition coefficient (Wildman–Crippen LogP) is 6.39. The van der Waals surface area contributed by atoms with Crippen LogP contribution in [0.1, 0.15) is 65.2 Å². The summed E-state index contributed by atoms with van der Waals surface area (Å²) in [5, 5.41) is 1.70. The van der Waals surface area contributed by atoms with Gasteiger partial charge in [0, 0.05) is 0 Å². The van der Waals surface area contributed by atoms with Crippen LogP contribution in [-0.4, -0.2) is 11.3 Å². The summed E-state index contributed by atoms with van der Waals surface area (Å²) in [5.41, 5.74) is 3.44. The molecular formula is C18H29P. The molecule has 0 unspecified atom stereocenters. The molecule has 0 bridgehead atoms. The molecule has 0 spiro atoms. The van der Waals surface area contributed by atoms with E-state index in [0.717, 1.165) is 11.3 Å². The number of hydrogen-bond acceptors (Lipinski definition) is 0. The molecule has 0 saturated heterocycles. The molecule has 0 aliphatic heterocycles. The van der Waals surface area contributed by atoms with Gasteiger partial charge in [0.05, 0.1) is 0 Å². The van der Waals surface area contributed by atoms with Gasteiger partial charge in [0.2, 0.25) is 0 Å². The molecule has 0 radical (unpaired) electrons. The highest BCUT2D eigenvalue weighted by atomic mass is 31.1. The van der Waals surface area contributed by atoms with E-state index in [1.165, 1.54) is 56.9 Å². The van der Waals surface area contributed by atoms with E-state index >= 15 is 0 Å². The van der Waals surface area contributed by atoms with Gasteiger partial charge in [-0.15, -0.1) is 0 Å². The maximum atomic E-state index is 3.81. The zero-order valence-corrected chi connectivity index (χ0v) is 13.6. The van der Waals surface area contributed by atoms with Gasteiger partial charge in [-0.3, -0.25) is 0 Å². The molecule has 0 N–H and O–H groups in total. The van der Waals surface area contributed by atoms with E-state index in [1.54, 1.807) is 5.31 Å². The fourth-order valence-electron chi connectivity index (χ4n) is 3.88. The largest absolute Gasteiger partial charge is 0.0991 e. The molecule has 19 heavy (non-hydrogen) atoms. The van der Waals surface area contributed by atoms with E-state index in [2.05, 4.69) is 32.6 Å². The quantitative estimate of drug-likeness (QED) is 0.403. The first-order valence-corrected chi connectivity index (χ1v) is 9.46. The molecule has 2 saturated carbocycles. The van der Waals surface area contributed by atoms with Gasteiger partial charge in [0.1, 0.15) is 0 Å². The van der Waals surface area contributed by atoms with Crippen LogP contribution < -0.4 is 0 Å². The molecule has 0 aromatic carbocycles. The lowest BCUT2D eigenvalue weighted by Crippen LogP contribution is -2.10. The van der Waals surface area contributed by atoms with E-state index in [4.69, 9.17) is 0 Å². The van der Waals surface area contributed by atoms with Crippen molar-refractivity contribution < 1.29 is 0 Å². The Morgan fingerprint density at radius 3 is 1.84 bits per heavy atom. The average Bonchev–Trinajstić information content (AvgIpc) is 3.02. The van der Waals surface area contributed by atoms with Crippen LogP contribution in [0.25, 0.3) is 0 Å². The van der Waals surface area contributed by atoms with Crippen LogP contribution in [0.2, 0.25) is 0 Å². The molecule has 0 atom stereocenters. The molecule has 2 aliphatic carbocycles. The second-order valence-corrected chi connectivity index (χ2v) is 9.20. The SMILES string of the molecule is C=C/C=C(C)\C=C(/C)P(C1CCCC1)C1CCCC1. The van der Waals surface area contributed by atoms with Crippen LogP contribution in [0, 0.1) is 0 Å². The van der Waals surface area contributed by atoms with E-state index in [0.29, 0.717) is 0 Å². The minimum atomic E-state index is 0.119. The molecule has 0 heterocycles. The summed E-state index contributed by atoms with van der Waals surface area (Å²) in [7, 11) is 0.119. The topological polar surface area (TPSA) is 0 Å². The first kappa shape index (κ1) is 15.0. The fourth-order valence-corrected chi connectivity index (χ4v) is 7.82. The lowest BCUT2D eigenvalue weighted by atomic mass is 10.2. The van der Waals surface area contributed by atoms with Crippen molar-refractivity contribution in [2.24, 2.45) is 0 Å². The third kappa shape index (κ3) is 4.06. The average molecular weight is 276 g/mol. The Balaban J connectivity index is 2.15. The third-order valence-electron chi connectivity index (χ3n) is 4.66. The summed E-state index contributed by atoms with van der Waals surface area (Å²) < 4.78 is 0. The van der Waals surface area contributed by atoms with E-state index in [1.807, 2.05) is 6.08 Å². The predicted molar refractivity (Wildman–Crippen MR) is 89.1 cm³/mol. The first-order chi connectivity index (χ1) is 9.22. The lowest BCUT2D eigenvalue weighted by Gasteiger charge is -2.31. The zero-order chi connectivity index (χ0) is 13.7. The smallest absolute Gasteiger partial charge is 0.0170 e. The highest BCUT2D eigenvalue weighted by Crippen LogP contribution is 2.62. The van der Waals surface area contributed by atoms with Gasteiger partial charge in [0.15, 0.2) is 0 Å². The Labute approximate surface area is 120 Å². The van der Waals surface area contributed by atoms with Crippen molar-refractivity contribution >= 4 is 7.92 Å². The van der Waals surface area contributed by atoms with E-state index < -0.39 is 0 Å². The van der Waals surface area contributed by atoms with Crippen LogP contribution in [0.4, 0.5) is 0 Å². The maximum Gasteiger partial charge on any atom is -0.0170 e. The Bertz CT molecular complexity index is 336. The lowest BCUT2D eigenvalue weighted by molar-refractivity contribution is 0.831. The molecule has 2 aliphatic rings. The molecule has 2 rings (SSSR count). The summed E-state index contributed by atoms with van der Waals surface area (Å²) >= 11 is 0. The van der Waals surface area contributed by atoms with Crippen LogP contribution in [0.3, 0.4) is 0 Å². The van der Waals surface area contributed by atoms with Crippen molar-refractivity contribution in [2.75, 3.05) is 0 Å². The second-order valence-electron chi connectivity index (χ2n) is 6.22. The molecular weight excluding hydrogens is 247 g/mol. The maximum absolute atomic E-state index is 3.81. The highest BCUT2D eigenvalue weighted by molar-refractivity contribution is 7.63. The van der Waals surface area contributed by atoms with Gasteiger partial charge >= 0.3 is 0 Å². The molecule has 0 amide bonds. The fraction of sp³-hybridized carbons (Fsp3) is 0.667. The second kappa shape index (κ2) is 7.44. The Morgan fingerprint density at radius 2 is 1.42 bits per heavy atom. The van der Waals surface area contributed by atoms with Gasteiger partial charge < -0.3 is 0 Å². The van der Waals surface area contributed by atoms with Gasteiger partial charge in [-0.25, -0.2) is 0 Å². The van der Waals surface area contributed by atoms with Crippen molar-refractivity contribution in [3.05, 3.63) is 35.7 Å². The first-order valence-electron chi connectivity index (χ1n) is 7.98. The monoisotopic (exact) mass is 276 g/mol. The van der Waals surface area contributed by atoms with E-state index in [-0.39, 0.29) is 7.92 Å². The van der Waals surface area contributed by atoms with Crippen molar-refractivity contribution in [2.45, 2.75) is 76.5 Å². The van der Waals surface area contributed by atoms with Gasteiger partial charge in [-0.05, 0) is 56.2 Å². The van der Waals surface area contributed by atoms with Crippen molar-refractivity contribution in [1.82, 2.24) is 0 Å². The van der Waals surface area contributed by atoms with E-state index in [9.17, 15) is 0 Å². The standard InChI is InChI=1S/C18H29P/c1-4-9-15(2)14-16(3)19(17-10-5-6-11-17)18-12-7-8-13-18/h4,9,14,17-18H,1,5-8,10-13H2,2-3H3/b15-9-,16-14+. The molecule has 0 aromatic rings. The number of hydrogen-bond donors (Lipinski definition) is 0. The minimum Gasteiger partial charge on any atom is -0.0991 e.